The molecule has 2 aliphatic rings. The van der Waals surface area contributed by atoms with E-state index in [0.717, 1.165) is 25.7 Å². The van der Waals surface area contributed by atoms with Gasteiger partial charge in [0.05, 0.1) is 6.61 Å². The SMILES string of the molecule is Nc1ncnc2c1nc(NC1CCCCC1)n2[C@H]1O[C@@H](CO)[C@@H](O)[C@@H]1O. The highest BCUT2D eigenvalue weighted by Crippen LogP contribution is 2.35. The number of rotatable bonds is 4. The third kappa shape index (κ3) is 2.88. The number of ether oxygens (including phenoxy) is 1. The van der Waals surface area contributed by atoms with Crippen LogP contribution in [0.5, 0.6) is 0 Å². The van der Waals surface area contributed by atoms with E-state index in [4.69, 9.17) is 10.5 Å². The van der Waals surface area contributed by atoms with Crippen molar-refractivity contribution in [2.75, 3.05) is 17.7 Å². The molecule has 2 fully saturated rings. The van der Waals surface area contributed by atoms with E-state index in [1.807, 2.05) is 0 Å². The maximum Gasteiger partial charge on any atom is 0.207 e. The van der Waals surface area contributed by atoms with Gasteiger partial charge in [0.15, 0.2) is 23.2 Å². The van der Waals surface area contributed by atoms with Crippen LogP contribution < -0.4 is 11.1 Å². The maximum absolute atomic E-state index is 10.5. The van der Waals surface area contributed by atoms with Crippen LogP contribution in [0, 0.1) is 0 Å². The van der Waals surface area contributed by atoms with Crippen LogP contribution >= 0.6 is 0 Å². The number of fused-ring (bicyclic) bond motifs is 1. The van der Waals surface area contributed by atoms with Gasteiger partial charge in [-0.25, -0.2) is 15.0 Å². The van der Waals surface area contributed by atoms with E-state index in [1.54, 1.807) is 4.57 Å². The highest BCUT2D eigenvalue weighted by molar-refractivity contribution is 5.84. The van der Waals surface area contributed by atoms with Crippen LogP contribution in [0.15, 0.2) is 6.33 Å². The minimum atomic E-state index is -1.23. The van der Waals surface area contributed by atoms with Crippen molar-refractivity contribution in [3.8, 4) is 0 Å². The Morgan fingerprint density at radius 3 is 2.65 bits per heavy atom. The summed E-state index contributed by atoms with van der Waals surface area (Å²) in [6.45, 7) is -0.399. The topological polar surface area (TPSA) is 152 Å². The van der Waals surface area contributed by atoms with Crippen molar-refractivity contribution in [1.82, 2.24) is 19.5 Å². The molecular formula is C16H24N6O4. The van der Waals surface area contributed by atoms with Crippen LogP contribution in [0.4, 0.5) is 11.8 Å². The standard InChI is InChI=1S/C16H24N6O4/c17-13-10-14(19-7-18-13)22(15-12(25)11(24)9(6-23)26-15)16(21-10)20-8-4-2-1-3-5-8/h7-9,11-12,15,23-25H,1-6H2,(H,20,21)(H2,17,18,19)/t9-,11+,12-,15-/m0/s1. The number of nitrogens with one attached hydrogen (secondary N) is 1. The first-order chi connectivity index (χ1) is 12.6. The molecule has 4 rings (SSSR count). The lowest BCUT2D eigenvalue weighted by Crippen LogP contribution is -2.33. The molecule has 1 aliphatic carbocycles. The Labute approximate surface area is 150 Å². The van der Waals surface area contributed by atoms with Gasteiger partial charge in [0.25, 0.3) is 0 Å². The lowest BCUT2D eigenvalue weighted by Gasteiger charge is -2.25. The van der Waals surface area contributed by atoms with Gasteiger partial charge in [-0.2, -0.15) is 0 Å². The lowest BCUT2D eigenvalue weighted by molar-refractivity contribution is -0.0502. The summed E-state index contributed by atoms with van der Waals surface area (Å²) >= 11 is 0. The molecule has 4 atom stereocenters. The summed E-state index contributed by atoms with van der Waals surface area (Å²) < 4.78 is 7.29. The van der Waals surface area contributed by atoms with E-state index in [-0.39, 0.29) is 11.9 Å². The number of hydrogen-bond donors (Lipinski definition) is 5. The first-order valence-electron chi connectivity index (χ1n) is 8.97. The number of aromatic nitrogens is 4. The number of nitrogens with zero attached hydrogens (tertiary/aromatic N) is 4. The zero-order valence-electron chi connectivity index (χ0n) is 14.3. The van der Waals surface area contributed by atoms with Crippen molar-refractivity contribution in [1.29, 1.82) is 0 Å². The third-order valence-electron chi connectivity index (χ3n) is 5.22. The van der Waals surface area contributed by atoms with E-state index in [0.29, 0.717) is 17.1 Å². The van der Waals surface area contributed by atoms with Gasteiger partial charge in [0.1, 0.15) is 24.6 Å². The molecule has 0 aromatic carbocycles. The fourth-order valence-corrected chi connectivity index (χ4v) is 3.79. The van der Waals surface area contributed by atoms with E-state index in [9.17, 15) is 15.3 Å². The monoisotopic (exact) mass is 364 g/mol. The average molecular weight is 364 g/mol. The zero-order chi connectivity index (χ0) is 18.3. The van der Waals surface area contributed by atoms with Crippen molar-refractivity contribution < 1.29 is 20.1 Å². The summed E-state index contributed by atoms with van der Waals surface area (Å²) in [5, 5.41) is 33.4. The predicted octanol–water partition coefficient (Wildman–Crippen LogP) is -0.235. The Morgan fingerprint density at radius 2 is 1.96 bits per heavy atom. The van der Waals surface area contributed by atoms with Crippen molar-refractivity contribution >= 4 is 22.9 Å². The molecule has 0 spiro atoms. The first kappa shape index (κ1) is 17.4. The van der Waals surface area contributed by atoms with Gasteiger partial charge in [0.2, 0.25) is 5.95 Å². The van der Waals surface area contributed by atoms with E-state index < -0.39 is 31.1 Å². The van der Waals surface area contributed by atoms with Gasteiger partial charge in [-0.05, 0) is 12.8 Å². The number of hydrogen-bond acceptors (Lipinski definition) is 9. The summed E-state index contributed by atoms with van der Waals surface area (Å²) in [5.74, 6) is 0.695. The summed E-state index contributed by atoms with van der Waals surface area (Å²) in [6.07, 6.45) is 2.64. The first-order valence-corrected chi connectivity index (χ1v) is 8.97. The average Bonchev–Trinajstić information content (AvgIpc) is 3.15. The second-order valence-electron chi connectivity index (χ2n) is 6.94. The fraction of sp³-hybridized carbons (Fsp3) is 0.688. The van der Waals surface area contributed by atoms with Crippen molar-refractivity contribution in [3.63, 3.8) is 0 Å². The smallest absolute Gasteiger partial charge is 0.207 e. The number of nitrogens with two attached hydrogens (primary N) is 1. The van der Waals surface area contributed by atoms with Crippen LogP contribution in [-0.2, 0) is 4.74 Å². The van der Waals surface area contributed by atoms with Gasteiger partial charge in [-0.15, -0.1) is 0 Å². The number of aliphatic hydroxyl groups is 3. The number of anilines is 2. The van der Waals surface area contributed by atoms with Crippen LogP contribution in [0.2, 0.25) is 0 Å². The second kappa shape index (κ2) is 6.95. The minimum Gasteiger partial charge on any atom is -0.394 e. The highest BCUT2D eigenvalue weighted by atomic mass is 16.6. The van der Waals surface area contributed by atoms with Crippen molar-refractivity contribution in [2.24, 2.45) is 0 Å². The summed E-state index contributed by atoms with van der Waals surface area (Å²) in [4.78, 5) is 12.7. The van der Waals surface area contributed by atoms with Gasteiger partial charge >= 0.3 is 0 Å². The Hall–Kier alpha value is -2.01. The molecule has 3 heterocycles. The Kier molecular flexibility index (Phi) is 4.65. The number of nitrogen functional groups attached to an aromatic ring is 1. The van der Waals surface area contributed by atoms with Crippen molar-refractivity contribution in [3.05, 3.63) is 6.33 Å². The molecule has 1 saturated carbocycles. The van der Waals surface area contributed by atoms with E-state index >= 15 is 0 Å². The molecule has 1 aliphatic heterocycles. The van der Waals surface area contributed by atoms with Gasteiger partial charge in [0, 0.05) is 6.04 Å². The summed E-state index contributed by atoms with van der Waals surface area (Å²) in [5.41, 5.74) is 6.75. The van der Waals surface area contributed by atoms with Gasteiger partial charge < -0.3 is 31.1 Å². The van der Waals surface area contributed by atoms with Gasteiger partial charge in [-0.3, -0.25) is 4.57 Å². The molecule has 2 aromatic heterocycles. The highest BCUT2D eigenvalue weighted by Gasteiger charge is 2.45. The summed E-state index contributed by atoms with van der Waals surface area (Å²) in [7, 11) is 0. The van der Waals surface area contributed by atoms with Crippen LogP contribution in [0.1, 0.15) is 38.3 Å². The molecule has 0 radical (unpaired) electrons. The molecule has 2 aromatic rings. The molecule has 10 heteroatoms. The largest absolute Gasteiger partial charge is 0.394 e. The molecule has 0 amide bonds. The molecule has 1 saturated heterocycles. The molecule has 26 heavy (non-hydrogen) atoms. The van der Waals surface area contributed by atoms with Crippen LogP contribution in [-0.4, -0.2) is 65.8 Å². The predicted molar refractivity (Wildman–Crippen MR) is 93.2 cm³/mol. The molecule has 0 bridgehead atoms. The zero-order valence-corrected chi connectivity index (χ0v) is 14.3. The Bertz CT molecular complexity index is 777. The Balaban J connectivity index is 1.76. The molecule has 6 N–H and O–H groups in total. The van der Waals surface area contributed by atoms with Gasteiger partial charge in [-0.1, -0.05) is 19.3 Å². The maximum atomic E-state index is 10.5. The van der Waals surface area contributed by atoms with Crippen molar-refractivity contribution in [2.45, 2.75) is 62.7 Å². The minimum absolute atomic E-state index is 0.229. The van der Waals surface area contributed by atoms with Crippen LogP contribution in [0.3, 0.4) is 0 Å². The molecule has 0 unspecified atom stereocenters. The summed E-state index contributed by atoms with van der Waals surface area (Å²) in [6, 6.07) is 0.255. The third-order valence-corrected chi connectivity index (χ3v) is 5.22. The van der Waals surface area contributed by atoms with E-state index in [2.05, 4.69) is 20.3 Å². The second-order valence-corrected chi connectivity index (χ2v) is 6.94. The number of aliphatic hydroxyl groups excluding tert-OH is 3. The lowest BCUT2D eigenvalue weighted by atomic mass is 9.96. The Morgan fingerprint density at radius 1 is 1.19 bits per heavy atom. The van der Waals surface area contributed by atoms with Crippen LogP contribution in [0.25, 0.3) is 11.2 Å². The normalized spacial score (nSPS) is 30.1. The number of imidazole rings is 1. The quantitative estimate of drug-likeness (QED) is 0.495. The molecule has 10 nitrogen and oxygen atoms in total. The fourth-order valence-electron chi connectivity index (χ4n) is 3.79. The van der Waals surface area contributed by atoms with E-state index in [1.165, 1.54) is 12.7 Å². The molecule has 142 valence electrons. The molecular weight excluding hydrogens is 340 g/mol.